The van der Waals surface area contributed by atoms with Crippen molar-refractivity contribution < 1.29 is 0 Å². The summed E-state index contributed by atoms with van der Waals surface area (Å²) in [6, 6.07) is 0. The predicted molar refractivity (Wildman–Crippen MR) is 74.3 cm³/mol. The highest BCUT2D eigenvalue weighted by molar-refractivity contribution is 7.80. The van der Waals surface area contributed by atoms with Gasteiger partial charge in [-0.3, -0.25) is 0 Å². The first-order valence-electron chi connectivity index (χ1n) is 5.04. The summed E-state index contributed by atoms with van der Waals surface area (Å²) in [5.41, 5.74) is 8.54. The molecule has 0 aliphatic heterocycles. The monoisotopic (exact) mass is 264 g/mol. The number of thiophene rings is 1. The zero-order valence-electron chi connectivity index (χ0n) is 9.30. The molecule has 0 radical (unpaired) electrons. The van der Waals surface area contributed by atoms with E-state index in [9.17, 15) is 0 Å². The number of nitrogens with zero attached hydrogens (tertiary/aromatic N) is 2. The van der Waals surface area contributed by atoms with Gasteiger partial charge in [-0.1, -0.05) is 12.2 Å². The molecule has 0 aromatic carbocycles. The van der Waals surface area contributed by atoms with Crippen LogP contribution in [0.25, 0.3) is 0 Å². The fourth-order valence-electron chi connectivity index (χ4n) is 1.30. The van der Waals surface area contributed by atoms with Crippen molar-refractivity contribution in [2.45, 2.75) is 13.5 Å². The van der Waals surface area contributed by atoms with Crippen molar-refractivity contribution in [1.29, 1.82) is 0 Å². The normalized spacial score (nSPS) is 10.2. The van der Waals surface area contributed by atoms with Crippen molar-refractivity contribution in [1.82, 2.24) is 9.97 Å². The first-order chi connectivity index (χ1) is 8.16. The number of thiocarbonyl (C=S) groups is 1. The molecule has 6 heteroatoms. The fraction of sp³-hybridized carbons (Fsp3) is 0.182. The molecule has 2 heterocycles. The van der Waals surface area contributed by atoms with Crippen molar-refractivity contribution >= 4 is 34.4 Å². The Morgan fingerprint density at radius 2 is 2.24 bits per heavy atom. The largest absolute Gasteiger partial charge is 0.388 e. The van der Waals surface area contributed by atoms with Crippen LogP contribution in [0.5, 0.6) is 0 Å². The molecule has 0 atom stereocenters. The molecule has 0 aliphatic carbocycles. The topological polar surface area (TPSA) is 63.8 Å². The molecule has 2 aromatic heterocycles. The molecular weight excluding hydrogens is 252 g/mol. The van der Waals surface area contributed by atoms with Crippen LogP contribution in [0.4, 0.5) is 5.82 Å². The Morgan fingerprint density at radius 3 is 2.76 bits per heavy atom. The number of hydrogen-bond donors (Lipinski definition) is 2. The predicted octanol–water partition coefficient (Wildman–Crippen LogP) is 2.09. The maximum absolute atomic E-state index is 5.44. The van der Waals surface area contributed by atoms with Gasteiger partial charge in [-0.2, -0.15) is 11.3 Å². The first kappa shape index (κ1) is 11.9. The van der Waals surface area contributed by atoms with Gasteiger partial charge in [-0.25, -0.2) is 9.97 Å². The number of hydrogen-bond acceptors (Lipinski definition) is 5. The van der Waals surface area contributed by atoms with E-state index in [1.165, 1.54) is 11.1 Å². The van der Waals surface area contributed by atoms with Crippen molar-refractivity contribution in [2.75, 3.05) is 5.32 Å². The molecule has 0 amide bonds. The molecule has 2 rings (SSSR count). The van der Waals surface area contributed by atoms with Gasteiger partial charge >= 0.3 is 0 Å². The second kappa shape index (κ2) is 5.20. The molecule has 0 spiro atoms. The van der Waals surface area contributed by atoms with E-state index in [2.05, 4.69) is 33.0 Å². The van der Waals surface area contributed by atoms with Gasteiger partial charge in [0, 0.05) is 6.54 Å². The Kier molecular flexibility index (Phi) is 3.65. The highest BCUT2D eigenvalue weighted by atomic mass is 32.1. The number of aryl methyl sites for hydroxylation is 1. The number of anilines is 1. The van der Waals surface area contributed by atoms with E-state index in [1.54, 1.807) is 23.7 Å². The second-order valence-electron chi connectivity index (χ2n) is 3.58. The average Bonchev–Trinajstić information content (AvgIpc) is 2.73. The van der Waals surface area contributed by atoms with Crippen LogP contribution in [0, 0.1) is 6.92 Å². The minimum Gasteiger partial charge on any atom is -0.388 e. The average molecular weight is 264 g/mol. The second-order valence-corrected chi connectivity index (χ2v) is 4.77. The molecule has 0 unspecified atom stereocenters. The molecule has 88 valence electrons. The Hall–Kier alpha value is -1.53. The third-order valence-electron chi connectivity index (χ3n) is 2.33. The lowest BCUT2D eigenvalue weighted by Gasteiger charge is -2.05. The number of rotatable bonds is 4. The Morgan fingerprint density at radius 1 is 1.41 bits per heavy atom. The zero-order valence-corrected chi connectivity index (χ0v) is 10.9. The minimum absolute atomic E-state index is 0.262. The summed E-state index contributed by atoms with van der Waals surface area (Å²) in [4.78, 5) is 8.57. The molecule has 0 aliphatic rings. The molecule has 0 fully saturated rings. The van der Waals surface area contributed by atoms with Gasteiger partial charge < -0.3 is 11.1 Å². The first-order valence-corrected chi connectivity index (χ1v) is 6.39. The highest BCUT2D eigenvalue weighted by Gasteiger charge is 2.01. The molecular formula is C11H12N4S2. The van der Waals surface area contributed by atoms with Crippen LogP contribution < -0.4 is 11.1 Å². The van der Waals surface area contributed by atoms with Crippen LogP contribution in [0.2, 0.25) is 0 Å². The lowest BCUT2D eigenvalue weighted by molar-refractivity contribution is 1.08. The van der Waals surface area contributed by atoms with E-state index >= 15 is 0 Å². The van der Waals surface area contributed by atoms with E-state index < -0.39 is 0 Å². The van der Waals surface area contributed by atoms with Crippen LogP contribution in [0.1, 0.15) is 16.8 Å². The van der Waals surface area contributed by atoms with Gasteiger partial charge in [0.05, 0.1) is 12.4 Å². The molecule has 4 nitrogen and oxygen atoms in total. The maximum Gasteiger partial charge on any atom is 0.144 e. The molecule has 3 N–H and O–H groups in total. The van der Waals surface area contributed by atoms with Gasteiger partial charge in [-0.15, -0.1) is 0 Å². The molecule has 0 saturated carbocycles. The number of nitrogens with one attached hydrogen (secondary N) is 1. The quantitative estimate of drug-likeness (QED) is 0.828. The van der Waals surface area contributed by atoms with Gasteiger partial charge in [0.2, 0.25) is 0 Å². The summed E-state index contributed by atoms with van der Waals surface area (Å²) in [5.74, 6) is 0.718. The third kappa shape index (κ3) is 2.98. The van der Waals surface area contributed by atoms with Gasteiger partial charge in [0.1, 0.15) is 16.5 Å². The van der Waals surface area contributed by atoms with Gasteiger partial charge in [0.25, 0.3) is 0 Å². The van der Waals surface area contributed by atoms with Crippen molar-refractivity contribution in [3.63, 3.8) is 0 Å². The van der Waals surface area contributed by atoms with E-state index in [0.29, 0.717) is 5.69 Å². The molecule has 2 aromatic rings. The number of aromatic nitrogens is 2. The minimum atomic E-state index is 0.262. The Bertz CT molecular complexity index is 519. The van der Waals surface area contributed by atoms with Crippen LogP contribution in [-0.4, -0.2) is 15.0 Å². The van der Waals surface area contributed by atoms with Crippen LogP contribution in [0.15, 0.2) is 23.2 Å². The van der Waals surface area contributed by atoms with E-state index in [-0.39, 0.29) is 4.99 Å². The van der Waals surface area contributed by atoms with E-state index in [0.717, 1.165) is 12.4 Å². The summed E-state index contributed by atoms with van der Waals surface area (Å²) in [7, 11) is 0. The van der Waals surface area contributed by atoms with Gasteiger partial charge in [0.15, 0.2) is 0 Å². The third-order valence-corrected chi connectivity index (χ3v) is 3.45. The lowest BCUT2D eigenvalue weighted by Crippen LogP contribution is -2.12. The number of nitrogens with two attached hydrogens (primary N) is 1. The molecule has 0 bridgehead atoms. The summed E-state index contributed by atoms with van der Waals surface area (Å²) in [5, 5.41) is 7.45. The summed E-state index contributed by atoms with van der Waals surface area (Å²) in [6.07, 6.45) is 3.21. The highest BCUT2D eigenvalue weighted by Crippen LogP contribution is 2.14. The van der Waals surface area contributed by atoms with Crippen molar-refractivity contribution in [3.05, 3.63) is 40.0 Å². The summed E-state index contributed by atoms with van der Waals surface area (Å²) < 4.78 is 0. The molecule has 17 heavy (non-hydrogen) atoms. The van der Waals surface area contributed by atoms with Crippen LogP contribution in [-0.2, 0) is 6.54 Å². The summed E-state index contributed by atoms with van der Waals surface area (Å²) in [6.45, 7) is 2.84. The van der Waals surface area contributed by atoms with E-state index in [4.69, 9.17) is 18.0 Å². The lowest BCUT2D eigenvalue weighted by atomic mass is 10.2. The smallest absolute Gasteiger partial charge is 0.144 e. The Labute approximate surface area is 109 Å². The zero-order chi connectivity index (χ0) is 12.3. The standard InChI is InChI=1S/C11H12N4S2/c1-7-5-17-6-8(7)2-14-10-4-13-9(3-15-10)11(12)16/h3-6H,2H2,1H3,(H2,12,16)(H,14,15). The van der Waals surface area contributed by atoms with Gasteiger partial charge in [-0.05, 0) is 28.8 Å². The van der Waals surface area contributed by atoms with Crippen molar-refractivity contribution in [2.24, 2.45) is 5.73 Å². The fourth-order valence-corrected chi connectivity index (χ4v) is 2.26. The van der Waals surface area contributed by atoms with Crippen LogP contribution >= 0.6 is 23.6 Å². The van der Waals surface area contributed by atoms with Crippen molar-refractivity contribution in [3.8, 4) is 0 Å². The maximum atomic E-state index is 5.44. The Balaban J connectivity index is 2.00. The SMILES string of the molecule is Cc1cscc1CNc1cnc(C(N)=S)cn1. The summed E-state index contributed by atoms with van der Waals surface area (Å²) >= 11 is 6.51. The van der Waals surface area contributed by atoms with Crippen LogP contribution in [0.3, 0.4) is 0 Å². The van der Waals surface area contributed by atoms with E-state index in [1.807, 2.05) is 0 Å². The molecule has 0 saturated heterocycles.